The number of carbonyl (C=O) groups is 16. The number of ether oxygens (including phenoxy) is 7. The summed E-state index contributed by atoms with van der Waals surface area (Å²) in [6.07, 6.45) is 3.58. The second kappa shape index (κ2) is 61.1. The summed E-state index contributed by atoms with van der Waals surface area (Å²) in [6, 6.07) is 13.1. The zero-order chi connectivity index (χ0) is 107. The number of benzene rings is 3. The summed E-state index contributed by atoms with van der Waals surface area (Å²) in [5.41, 5.74) is 2.42. The highest BCUT2D eigenvalue weighted by atomic mass is 16.7. The van der Waals surface area contributed by atoms with Crippen LogP contribution in [0.15, 0.2) is 132 Å². The number of unbranched alkanes of at least 4 members (excludes halogenated alkanes) is 5. The number of nitrogens with zero attached hydrogens (tertiary/aromatic N) is 5. The van der Waals surface area contributed by atoms with Crippen LogP contribution in [-0.2, 0) is 108 Å². The van der Waals surface area contributed by atoms with E-state index in [0.717, 1.165) is 59.6 Å². The molecule has 142 heavy (non-hydrogen) atoms. The largest absolute Gasteiger partial charge is 0.514 e. The Balaban J connectivity index is 0.000000592. The van der Waals surface area contributed by atoms with E-state index in [9.17, 15) is 86.8 Å². The first-order valence-electron chi connectivity index (χ1n) is 49.0. The van der Waals surface area contributed by atoms with Crippen LogP contribution < -0.4 is 42.0 Å². The zero-order valence-corrected chi connectivity index (χ0v) is 87.1. The maximum Gasteiger partial charge on any atom is 0.514 e. The molecule has 2 aliphatic heterocycles. The maximum atomic E-state index is 14.3. The van der Waals surface area contributed by atoms with Gasteiger partial charge in [0.25, 0.3) is 17.5 Å². The number of nitro benzene ring substituents is 1. The summed E-state index contributed by atoms with van der Waals surface area (Å²) in [6.45, 7) is 32.9. The summed E-state index contributed by atoms with van der Waals surface area (Å²) in [7, 11) is 5.64. The minimum atomic E-state index is -1.37. The van der Waals surface area contributed by atoms with E-state index in [4.69, 9.17) is 38.3 Å². The number of non-ortho nitro benzene ring substituents is 1. The number of rotatable bonds is 26. The van der Waals surface area contributed by atoms with E-state index in [2.05, 4.69) is 37.2 Å². The Kier molecular flexibility index (Phi) is 52.2. The summed E-state index contributed by atoms with van der Waals surface area (Å²) >= 11 is 0. The third-order valence-corrected chi connectivity index (χ3v) is 25.2. The average Bonchev–Trinajstić information content (AvgIpc) is 0.825. The van der Waals surface area contributed by atoms with E-state index < -0.39 is 222 Å². The molecule has 0 radical (unpaired) electrons. The molecule has 0 spiro atoms. The maximum absolute atomic E-state index is 14.3. The van der Waals surface area contributed by atoms with Crippen LogP contribution in [0.1, 0.15) is 227 Å². The molecule has 3 aromatic rings. The zero-order valence-electron chi connectivity index (χ0n) is 87.1. The molecule has 2 unspecified atom stereocenters. The number of hydrogen-bond donors (Lipinski definition) is 8. The topological polar surface area (TPSA) is 498 Å². The number of carbonyl (C=O) groups excluding carboxylic acids is 16. The Morgan fingerprint density at radius 2 is 0.866 bits per heavy atom. The second-order valence-corrected chi connectivity index (χ2v) is 37.7. The van der Waals surface area contributed by atoms with E-state index in [1.807, 2.05) is 47.6 Å². The van der Waals surface area contributed by atoms with Crippen LogP contribution in [0, 0.1) is 45.6 Å². The molecule has 0 aromatic heterocycles. The molecule has 0 aliphatic carbocycles. The van der Waals surface area contributed by atoms with Crippen LogP contribution in [0.5, 0.6) is 5.75 Å². The highest BCUT2D eigenvalue weighted by molar-refractivity contribution is 5.99. The third kappa shape index (κ3) is 39.9. The number of aliphatic hydroxyl groups is 1. The molecular formula is C104H154N12O26. The molecule has 0 saturated heterocycles. The van der Waals surface area contributed by atoms with Crippen molar-refractivity contribution in [2.24, 2.45) is 35.5 Å². The van der Waals surface area contributed by atoms with E-state index in [-0.39, 0.29) is 79.6 Å². The van der Waals surface area contributed by atoms with Gasteiger partial charge >= 0.3 is 36.1 Å². The number of allylic oxidation sites excluding steroid dienone is 2. The number of nitro groups is 1. The van der Waals surface area contributed by atoms with Gasteiger partial charge in [-0.3, -0.25) is 58.1 Å². The normalized spacial score (nSPS) is 25.7. The molecule has 38 heteroatoms. The van der Waals surface area contributed by atoms with Crippen molar-refractivity contribution < 1.29 is 120 Å². The molecule has 2 heterocycles. The smallest absolute Gasteiger partial charge is 0.456 e. The van der Waals surface area contributed by atoms with E-state index in [0.29, 0.717) is 42.5 Å². The van der Waals surface area contributed by atoms with Crippen molar-refractivity contribution in [3.05, 3.63) is 153 Å². The molecule has 0 saturated carbocycles. The predicted octanol–water partition coefficient (Wildman–Crippen LogP) is 10.7. The van der Waals surface area contributed by atoms with Gasteiger partial charge in [-0.05, 0) is 153 Å². The van der Waals surface area contributed by atoms with Crippen molar-refractivity contribution in [2.45, 2.75) is 313 Å². The molecule has 786 valence electrons. The number of nitrogens with one attached hydrogen (secondary N) is 7. The van der Waals surface area contributed by atoms with Crippen LogP contribution in [-0.4, -0.2) is 264 Å². The van der Waals surface area contributed by atoms with E-state index in [1.165, 1.54) is 104 Å². The molecule has 0 fully saturated rings. The van der Waals surface area contributed by atoms with Crippen molar-refractivity contribution >= 4 is 101 Å². The molecule has 0 bridgehead atoms. The lowest BCUT2D eigenvalue weighted by atomic mass is 9.90. The predicted molar refractivity (Wildman–Crippen MR) is 531 cm³/mol. The summed E-state index contributed by atoms with van der Waals surface area (Å²) in [4.78, 5) is 237. The van der Waals surface area contributed by atoms with Crippen LogP contribution >= 0.6 is 0 Å². The second-order valence-electron chi connectivity index (χ2n) is 37.7. The Morgan fingerprint density at radius 1 is 0.500 bits per heavy atom. The number of likely N-dealkylation sites (N-methyl/N-ethyl adjacent to an activating group) is 4. The quantitative estimate of drug-likeness (QED) is 0.00704. The molecule has 5 rings (SSSR count). The standard InChI is InChI=1S/C53H84N6O12.C51H70N6O14/c1-13-34(5)45-48(63)56-39(10)52(67)71-46(35(6)14-2)37(8)42(70-53(68)54-28-22-17-15-16-18-23-29-60)27-26-36(7)51(66)69-43(30-33(3)4)47(62)55-38(9)49(64)59(12)41(31-40-24-20-19-21-25-40)50(65)58(11)32-44(61)57-45;1-13-30(5)43-46(60)53-35(10)50(64)71-44(31(6)14-2)33(8)40(70-51(65)68-38-23-21-37(22-24-38)57(66)67)25-20-32(7)49(63)69-41(26-29(3)4)45(59)52-34(9)47(61)56(12)39(27-36-18-16-15-17-19-36)48(62)55(11)28-42(58)54-43/h14,19-21,24-26,33-34,37-39,41-43,45-46,60H,13,15-18,22-23,27-32H2,1-12H3,(H,54,68)(H,55,62)(H,56,63)(H,57,61);14-24,29-30,33-35,39-41,43-44H,13,25-28H2,1-12H3,(H,52,59)(H,53,60)(H,54,58)/b35-14+,36-26+;31-14+,32-20+/t34?,37-,38-,39+,41+,42-,43+,45-,46+;30?,33-,34-,35+,39+,40-,41+,43-,44+/m00/s1. The number of amides is 11. The highest BCUT2D eigenvalue weighted by Crippen LogP contribution is 2.31. The first kappa shape index (κ1) is 121. The monoisotopic (exact) mass is 1990 g/mol. The summed E-state index contributed by atoms with van der Waals surface area (Å²) < 4.78 is 40.8. The summed E-state index contributed by atoms with van der Waals surface area (Å²) in [5.74, 6) is -12.9. The van der Waals surface area contributed by atoms with Gasteiger partial charge in [-0.25, -0.2) is 28.8 Å². The molecule has 3 aromatic carbocycles. The van der Waals surface area contributed by atoms with Gasteiger partial charge < -0.3 is 95.1 Å². The van der Waals surface area contributed by atoms with Crippen LogP contribution in [0.3, 0.4) is 0 Å². The number of alkyl carbamates (subject to hydrolysis) is 1. The van der Waals surface area contributed by atoms with Gasteiger partial charge in [-0.1, -0.05) is 193 Å². The highest BCUT2D eigenvalue weighted by Gasteiger charge is 2.43. The molecule has 18 atom stereocenters. The first-order chi connectivity index (χ1) is 66.9. The van der Waals surface area contributed by atoms with Crippen molar-refractivity contribution in [3.8, 4) is 5.75 Å². The average molecular weight is 1990 g/mol. The Bertz CT molecular complexity index is 4850. The van der Waals surface area contributed by atoms with Crippen molar-refractivity contribution in [1.29, 1.82) is 0 Å². The number of hydrogen-bond acceptors (Lipinski definition) is 26. The number of cyclic esters (lactones) is 4. The van der Waals surface area contributed by atoms with Gasteiger partial charge in [0.1, 0.15) is 78.5 Å². The minimum absolute atomic E-state index is 0.00312. The Morgan fingerprint density at radius 3 is 1.23 bits per heavy atom. The van der Waals surface area contributed by atoms with E-state index >= 15 is 0 Å². The van der Waals surface area contributed by atoms with Gasteiger partial charge in [0.05, 0.1) is 18.0 Å². The number of aliphatic hydroxyl groups excluding tert-OH is 1. The fraction of sp³-hybridized carbons (Fsp3) is 0.596. The fourth-order valence-electron chi connectivity index (χ4n) is 15.6. The number of esters is 4. The molecular weight excluding hydrogens is 1830 g/mol. The first-order valence-corrected chi connectivity index (χ1v) is 49.0. The van der Waals surface area contributed by atoms with Crippen molar-refractivity contribution in [2.75, 3.05) is 54.4 Å². The summed E-state index contributed by atoms with van der Waals surface area (Å²) in [5, 5.41) is 39.1. The molecule has 2 aliphatic rings. The molecule has 38 nitrogen and oxygen atoms in total. The fourth-order valence-corrected chi connectivity index (χ4v) is 15.6. The SMILES string of the molecule is C/C=C(\C)[C@H]1OC(=O)[C@@H](C)NC(=O)[C@H](C(C)CC)NC(=O)CN(C)C(=O)[C@@H](Cc2ccccc2)N(C)C(=O)[C@H](C)NC(=O)[C@@H](CC(C)C)OC(=O)/C(C)=C/C[C@H](OC(=O)NCCCCCCCCO)[C@@H]1C.C/C=C(\C)[C@H]1OC(=O)[C@@H](C)NC(=O)[C@H](C(C)CC)NC(=O)CN(C)C(=O)[C@@H](Cc2ccccc2)N(C)C(=O)[C@H](C)NC(=O)[C@@H](CC(C)C)OC(=O)/C(C)=C/C[C@H](OC(=O)Oc2ccc([N+](=O)[O-])cc2)[C@@H]1C. The van der Waals surface area contributed by atoms with Gasteiger partial charge in [-0.15, -0.1) is 0 Å². The molecule has 11 amide bonds. The third-order valence-electron chi connectivity index (χ3n) is 25.2. The van der Waals surface area contributed by atoms with Crippen LogP contribution in [0.4, 0.5) is 15.3 Å². The lowest BCUT2D eigenvalue weighted by Gasteiger charge is -2.33. The van der Waals surface area contributed by atoms with Crippen LogP contribution in [0.25, 0.3) is 0 Å². The lowest BCUT2D eigenvalue weighted by Crippen LogP contribution is -2.57. The lowest BCUT2D eigenvalue weighted by molar-refractivity contribution is -0.384. The van der Waals surface area contributed by atoms with Crippen molar-refractivity contribution in [1.82, 2.24) is 56.8 Å². The van der Waals surface area contributed by atoms with Gasteiger partial charge in [0, 0.05) is 102 Å². The van der Waals surface area contributed by atoms with Crippen molar-refractivity contribution in [3.63, 3.8) is 0 Å². The van der Waals surface area contributed by atoms with Gasteiger partial charge in [0.15, 0.2) is 12.2 Å². The Labute approximate surface area is 835 Å². The van der Waals surface area contributed by atoms with E-state index in [1.54, 1.807) is 122 Å². The minimum Gasteiger partial charge on any atom is -0.456 e. The van der Waals surface area contributed by atoms with Crippen LogP contribution in [0.2, 0.25) is 0 Å². The Hall–Kier alpha value is -12.9. The van der Waals surface area contributed by atoms with Gasteiger partial charge in [-0.2, -0.15) is 0 Å². The molecule has 8 N–H and O–H groups in total. The van der Waals surface area contributed by atoms with Gasteiger partial charge in [0.2, 0.25) is 47.3 Å².